The molecule has 0 bridgehead atoms. The first kappa shape index (κ1) is 15.1. The number of rotatable bonds is 2. The summed E-state index contributed by atoms with van der Waals surface area (Å²) in [6.07, 6.45) is 6.51. The van der Waals surface area contributed by atoms with Crippen molar-refractivity contribution < 1.29 is 9.90 Å². The van der Waals surface area contributed by atoms with Gasteiger partial charge in [0.25, 0.3) is 0 Å². The number of pyridine rings is 1. The first-order valence-corrected chi connectivity index (χ1v) is 8.17. The van der Waals surface area contributed by atoms with E-state index in [0.717, 1.165) is 24.6 Å². The van der Waals surface area contributed by atoms with Crippen molar-refractivity contribution in [1.29, 1.82) is 0 Å². The second-order valence-corrected chi connectivity index (χ2v) is 6.10. The van der Waals surface area contributed by atoms with E-state index in [1.165, 1.54) is 19.3 Å². The van der Waals surface area contributed by atoms with Gasteiger partial charge < -0.3 is 20.2 Å². The van der Waals surface area contributed by atoms with Gasteiger partial charge in [-0.15, -0.1) is 0 Å². The number of aliphatic hydroxyl groups excluding tert-OH is 1. The van der Waals surface area contributed by atoms with E-state index in [2.05, 4.69) is 15.2 Å². The number of nitrogens with zero attached hydrogens (tertiary/aromatic N) is 3. The fourth-order valence-electron chi connectivity index (χ4n) is 3.04. The molecule has 2 aliphatic heterocycles. The summed E-state index contributed by atoms with van der Waals surface area (Å²) in [5, 5.41) is 12.4. The number of aromatic nitrogens is 1. The molecule has 0 spiro atoms. The minimum absolute atomic E-state index is 0.112. The van der Waals surface area contributed by atoms with Crippen molar-refractivity contribution in [1.82, 2.24) is 9.88 Å². The van der Waals surface area contributed by atoms with Crippen LogP contribution in [0.15, 0.2) is 18.3 Å². The topological polar surface area (TPSA) is 68.7 Å². The van der Waals surface area contributed by atoms with E-state index < -0.39 is 0 Å². The van der Waals surface area contributed by atoms with Gasteiger partial charge in [-0.2, -0.15) is 0 Å². The van der Waals surface area contributed by atoms with Crippen LogP contribution >= 0.6 is 0 Å². The van der Waals surface area contributed by atoms with Gasteiger partial charge in [0.2, 0.25) is 0 Å². The molecular formula is C16H24N4O2. The van der Waals surface area contributed by atoms with Crippen molar-refractivity contribution in [2.75, 3.05) is 36.4 Å². The van der Waals surface area contributed by atoms with Crippen LogP contribution < -0.4 is 10.2 Å². The summed E-state index contributed by atoms with van der Waals surface area (Å²) < 4.78 is 0. The molecule has 0 atom stereocenters. The smallest absolute Gasteiger partial charge is 0.321 e. The average molecular weight is 304 g/mol. The van der Waals surface area contributed by atoms with Crippen LogP contribution in [-0.2, 0) is 0 Å². The van der Waals surface area contributed by atoms with E-state index in [-0.39, 0.29) is 12.1 Å². The Morgan fingerprint density at radius 1 is 1.14 bits per heavy atom. The number of aliphatic hydroxyl groups is 1. The van der Waals surface area contributed by atoms with E-state index >= 15 is 0 Å². The number of piperidine rings is 2. The van der Waals surface area contributed by atoms with Gasteiger partial charge in [0.1, 0.15) is 5.82 Å². The molecule has 0 unspecified atom stereocenters. The Bertz CT molecular complexity index is 491. The molecule has 0 saturated carbocycles. The number of urea groups is 1. The van der Waals surface area contributed by atoms with Crippen molar-refractivity contribution >= 4 is 17.5 Å². The van der Waals surface area contributed by atoms with Crippen LogP contribution in [0.25, 0.3) is 0 Å². The lowest BCUT2D eigenvalue weighted by molar-refractivity contribution is 0.0972. The van der Waals surface area contributed by atoms with E-state index in [4.69, 9.17) is 0 Å². The lowest BCUT2D eigenvalue weighted by Crippen LogP contribution is -2.42. The Hall–Kier alpha value is -1.82. The minimum atomic E-state index is -0.269. The van der Waals surface area contributed by atoms with E-state index in [1.807, 2.05) is 12.1 Å². The first-order valence-electron chi connectivity index (χ1n) is 8.17. The second kappa shape index (κ2) is 6.96. The fraction of sp³-hybridized carbons (Fsp3) is 0.625. The molecular weight excluding hydrogens is 280 g/mol. The van der Waals surface area contributed by atoms with Gasteiger partial charge in [0.05, 0.1) is 18.0 Å². The minimum Gasteiger partial charge on any atom is -0.393 e. The molecule has 3 rings (SSSR count). The van der Waals surface area contributed by atoms with Crippen LogP contribution in [0.2, 0.25) is 0 Å². The summed E-state index contributed by atoms with van der Waals surface area (Å²) in [4.78, 5) is 20.7. The third kappa shape index (κ3) is 3.68. The molecule has 1 aromatic rings. The maximum atomic E-state index is 12.2. The fourth-order valence-corrected chi connectivity index (χ4v) is 3.04. The molecule has 1 aromatic heterocycles. The van der Waals surface area contributed by atoms with Crippen molar-refractivity contribution in [3.63, 3.8) is 0 Å². The molecule has 120 valence electrons. The van der Waals surface area contributed by atoms with Gasteiger partial charge in [-0.05, 0) is 44.2 Å². The predicted molar refractivity (Wildman–Crippen MR) is 86.1 cm³/mol. The van der Waals surface area contributed by atoms with Gasteiger partial charge >= 0.3 is 6.03 Å². The number of hydrogen-bond donors (Lipinski definition) is 2. The molecule has 2 fully saturated rings. The molecule has 0 aromatic carbocycles. The highest BCUT2D eigenvalue weighted by Gasteiger charge is 2.21. The zero-order valence-electron chi connectivity index (χ0n) is 12.9. The summed E-state index contributed by atoms with van der Waals surface area (Å²) >= 11 is 0. The third-order valence-corrected chi connectivity index (χ3v) is 4.43. The summed E-state index contributed by atoms with van der Waals surface area (Å²) in [5.74, 6) is 0.985. The van der Waals surface area contributed by atoms with Gasteiger partial charge in [0, 0.05) is 26.2 Å². The highest BCUT2D eigenvalue weighted by molar-refractivity contribution is 5.89. The number of carbonyl (C=O) groups excluding carboxylic acids is 1. The Morgan fingerprint density at radius 3 is 2.50 bits per heavy atom. The summed E-state index contributed by atoms with van der Waals surface area (Å²) in [6, 6.07) is 3.77. The molecule has 22 heavy (non-hydrogen) atoms. The predicted octanol–water partition coefficient (Wildman–Crippen LogP) is 2.06. The van der Waals surface area contributed by atoms with Gasteiger partial charge in [0.15, 0.2) is 0 Å². The van der Waals surface area contributed by atoms with Crippen LogP contribution in [-0.4, -0.2) is 53.3 Å². The van der Waals surface area contributed by atoms with Gasteiger partial charge in [-0.3, -0.25) is 0 Å². The molecule has 2 amide bonds. The second-order valence-electron chi connectivity index (χ2n) is 6.10. The monoisotopic (exact) mass is 304 g/mol. The lowest BCUT2D eigenvalue weighted by atomic mass is 10.1. The quantitative estimate of drug-likeness (QED) is 0.877. The maximum absolute atomic E-state index is 12.2. The van der Waals surface area contributed by atoms with Crippen LogP contribution in [0, 0.1) is 0 Å². The Kier molecular flexibility index (Phi) is 4.77. The number of amides is 2. The Morgan fingerprint density at radius 2 is 1.86 bits per heavy atom. The molecule has 3 heterocycles. The average Bonchev–Trinajstić information content (AvgIpc) is 2.57. The van der Waals surface area contributed by atoms with Crippen LogP contribution in [0.5, 0.6) is 0 Å². The zero-order valence-corrected chi connectivity index (χ0v) is 12.9. The van der Waals surface area contributed by atoms with Crippen molar-refractivity contribution in [2.24, 2.45) is 0 Å². The Balaban J connectivity index is 1.55. The highest BCUT2D eigenvalue weighted by atomic mass is 16.3. The maximum Gasteiger partial charge on any atom is 0.321 e. The van der Waals surface area contributed by atoms with Crippen LogP contribution in [0.1, 0.15) is 32.1 Å². The zero-order chi connectivity index (χ0) is 15.4. The van der Waals surface area contributed by atoms with E-state index in [0.29, 0.717) is 25.9 Å². The highest BCUT2D eigenvalue weighted by Crippen LogP contribution is 2.19. The normalized spacial score (nSPS) is 20.0. The molecule has 2 saturated heterocycles. The third-order valence-electron chi connectivity index (χ3n) is 4.43. The van der Waals surface area contributed by atoms with Crippen molar-refractivity contribution in [3.8, 4) is 0 Å². The SMILES string of the molecule is O=C(Nc1ccc(N2CCCCC2)nc1)N1CCC(O)CC1. The van der Waals surface area contributed by atoms with Gasteiger partial charge in [-0.25, -0.2) is 9.78 Å². The number of carbonyl (C=O) groups is 1. The number of nitrogens with one attached hydrogen (secondary N) is 1. The van der Waals surface area contributed by atoms with Crippen molar-refractivity contribution in [2.45, 2.75) is 38.2 Å². The van der Waals surface area contributed by atoms with E-state index in [9.17, 15) is 9.90 Å². The standard InChI is InChI=1S/C16H24N4O2/c21-14-6-10-20(11-7-14)16(22)18-13-4-5-15(17-12-13)19-8-2-1-3-9-19/h4-5,12,14,21H,1-3,6-11H2,(H,18,22). The lowest BCUT2D eigenvalue weighted by Gasteiger charge is -2.30. The largest absolute Gasteiger partial charge is 0.393 e. The molecule has 2 aliphatic rings. The summed E-state index contributed by atoms with van der Waals surface area (Å²) in [5.41, 5.74) is 0.719. The van der Waals surface area contributed by atoms with Crippen LogP contribution in [0.3, 0.4) is 0 Å². The molecule has 0 aliphatic carbocycles. The van der Waals surface area contributed by atoms with Crippen LogP contribution in [0.4, 0.5) is 16.3 Å². The molecule has 6 heteroatoms. The number of likely N-dealkylation sites (tertiary alicyclic amines) is 1. The summed E-state index contributed by atoms with van der Waals surface area (Å²) in [6.45, 7) is 3.34. The Labute approximate surface area is 131 Å². The summed E-state index contributed by atoms with van der Waals surface area (Å²) in [7, 11) is 0. The van der Waals surface area contributed by atoms with Gasteiger partial charge in [-0.1, -0.05) is 0 Å². The number of anilines is 2. The molecule has 2 N–H and O–H groups in total. The molecule has 6 nitrogen and oxygen atoms in total. The first-order chi connectivity index (χ1) is 10.7. The van der Waals surface area contributed by atoms with E-state index in [1.54, 1.807) is 11.1 Å². The van der Waals surface area contributed by atoms with Crippen molar-refractivity contribution in [3.05, 3.63) is 18.3 Å². The molecule has 0 radical (unpaired) electrons. The number of hydrogen-bond acceptors (Lipinski definition) is 4.